The van der Waals surface area contributed by atoms with Gasteiger partial charge in [0.25, 0.3) is 0 Å². The van der Waals surface area contributed by atoms with E-state index in [4.69, 9.17) is 5.10 Å². The number of carbonyl (C=O) groups is 1. The number of benzene rings is 1. The van der Waals surface area contributed by atoms with Gasteiger partial charge < -0.3 is 10.6 Å². The highest BCUT2D eigenvalue weighted by Crippen LogP contribution is 2.35. The van der Waals surface area contributed by atoms with Crippen molar-refractivity contribution in [3.8, 4) is 5.69 Å². The SMILES string of the molecule is CC(C)NC1CCN(CC(=O)Nc2cc(C3CCCC3)nn2-c2ccccc2)CC1. The molecule has 2 aliphatic rings. The molecule has 2 fully saturated rings. The molecule has 1 saturated carbocycles. The van der Waals surface area contributed by atoms with Crippen LogP contribution in [0.4, 0.5) is 5.82 Å². The van der Waals surface area contributed by atoms with Crippen LogP contribution in [0, 0.1) is 0 Å². The van der Waals surface area contributed by atoms with E-state index >= 15 is 0 Å². The average Bonchev–Trinajstić information content (AvgIpc) is 3.40. The maximum atomic E-state index is 12.8. The molecular weight excluding hydrogens is 374 g/mol. The molecule has 0 bridgehead atoms. The summed E-state index contributed by atoms with van der Waals surface area (Å²) in [6, 6.07) is 13.2. The number of hydrogen-bond acceptors (Lipinski definition) is 4. The Morgan fingerprint density at radius 2 is 1.80 bits per heavy atom. The van der Waals surface area contributed by atoms with Gasteiger partial charge in [-0.3, -0.25) is 9.69 Å². The van der Waals surface area contributed by atoms with E-state index in [9.17, 15) is 4.79 Å². The third-order valence-electron chi connectivity index (χ3n) is 6.29. The van der Waals surface area contributed by atoms with Crippen LogP contribution in [0.5, 0.6) is 0 Å². The highest BCUT2D eigenvalue weighted by atomic mass is 16.2. The molecule has 1 saturated heterocycles. The summed E-state index contributed by atoms with van der Waals surface area (Å²) in [5.41, 5.74) is 2.09. The number of rotatable bonds is 7. The van der Waals surface area contributed by atoms with Gasteiger partial charge in [-0.15, -0.1) is 0 Å². The topological polar surface area (TPSA) is 62.2 Å². The molecule has 1 aromatic carbocycles. The van der Waals surface area contributed by atoms with Gasteiger partial charge >= 0.3 is 0 Å². The maximum absolute atomic E-state index is 12.8. The second-order valence-electron chi connectivity index (χ2n) is 9.10. The Balaban J connectivity index is 1.41. The lowest BCUT2D eigenvalue weighted by Crippen LogP contribution is -2.46. The van der Waals surface area contributed by atoms with Crippen molar-refractivity contribution in [1.82, 2.24) is 20.0 Å². The van der Waals surface area contributed by atoms with Gasteiger partial charge in [-0.05, 0) is 37.8 Å². The lowest BCUT2D eigenvalue weighted by atomic mass is 10.0. The lowest BCUT2D eigenvalue weighted by molar-refractivity contribution is -0.117. The molecule has 0 spiro atoms. The van der Waals surface area contributed by atoms with E-state index in [1.807, 2.05) is 35.0 Å². The summed E-state index contributed by atoms with van der Waals surface area (Å²) in [6.07, 6.45) is 7.12. The minimum Gasteiger partial charge on any atom is -0.312 e. The van der Waals surface area contributed by atoms with Crippen LogP contribution in [0.25, 0.3) is 5.69 Å². The molecular formula is C24H35N5O. The lowest BCUT2D eigenvalue weighted by Gasteiger charge is -2.32. The number of likely N-dealkylation sites (tertiary alicyclic amines) is 1. The van der Waals surface area contributed by atoms with E-state index in [1.165, 1.54) is 25.7 Å². The zero-order valence-corrected chi connectivity index (χ0v) is 18.3. The smallest absolute Gasteiger partial charge is 0.239 e. The number of piperidine rings is 1. The molecule has 0 atom stereocenters. The number of amides is 1. The monoisotopic (exact) mass is 409 g/mol. The standard InChI is InChI=1S/C24H35N5O/c1-18(2)25-20-12-14-28(15-13-20)17-24(30)26-23-16-22(19-8-6-7-9-19)27-29(23)21-10-4-3-5-11-21/h3-5,10-11,16,18-20,25H,6-9,12-15,17H2,1-2H3,(H,26,30). The number of aromatic nitrogens is 2. The van der Waals surface area contributed by atoms with Crippen LogP contribution in [0.15, 0.2) is 36.4 Å². The van der Waals surface area contributed by atoms with Crippen LogP contribution in [-0.4, -0.2) is 52.3 Å². The molecule has 6 heteroatoms. The summed E-state index contributed by atoms with van der Waals surface area (Å²) in [7, 11) is 0. The van der Waals surface area contributed by atoms with E-state index < -0.39 is 0 Å². The van der Waals surface area contributed by atoms with Crippen molar-refractivity contribution in [3.05, 3.63) is 42.1 Å². The van der Waals surface area contributed by atoms with Crippen LogP contribution in [0.2, 0.25) is 0 Å². The van der Waals surface area contributed by atoms with Crippen molar-refractivity contribution < 1.29 is 4.79 Å². The molecule has 162 valence electrons. The van der Waals surface area contributed by atoms with E-state index in [1.54, 1.807) is 0 Å². The molecule has 1 aliphatic carbocycles. The van der Waals surface area contributed by atoms with Crippen LogP contribution >= 0.6 is 0 Å². The molecule has 4 rings (SSSR count). The fourth-order valence-electron chi connectivity index (χ4n) is 4.79. The Hall–Kier alpha value is -2.18. The van der Waals surface area contributed by atoms with Crippen molar-refractivity contribution in [2.24, 2.45) is 0 Å². The van der Waals surface area contributed by atoms with E-state index in [0.29, 0.717) is 24.5 Å². The maximum Gasteiger partial charge on any atom is 0.239 e. The third-order valence-corrected chi connectivity index (χ3v) is 6.29. The van der Waals surface area contributed by atoms with Crippen molar-refractivity contribution in [2.45, 2.75) is 70.4 Å². The number of carbonyl (C=O) groups excluding carboxylic acids is 1. The van der Waals surface area contributed by atoms with Crippen LogP contribution < -0.4 is 10.6 Å². The van der Waals surface area contributed by atoms with Crippen molar-refractivity contribution >= 4 is 11.7 Å². The first-order chi connectivity index (χ1) is 14.6. The molecule has 2 heterocycles. The van der Waals surface area contributed by atoms with Crippen molar-refractivity contribution in [2.75, 3.05) is 25.0 Å². The molecule has 1 aromatic heterocycles. The summed E-state index contributed by atoms with van der Waals surface area (Å²) in [6.45, 7) is 6.74. The van der Waals surface area contributed by atoms with Gasteiger partial charge in [0, 0.05) is 37.2 Å². The third kappa shape index (κ3) is 5.29. The summed E-state index contributed by atoms with van der Waals surface area (Å²) in [4.78, 5) is 15.1. The summed E-state index contributed by atoms with van der Waals surface area (Å²) in [5, 5.41) is 11.6. The molecule has 2 aromatic rings. The van der Waals surface area contributed by atoms with Gasteiger partial charge in [0.2, 0.25) is 5.91 Å². The Morgan fingerprint density at radius 3 is 2.47 bits per heavy atom. The van der Waals surface area contributed by atoms with E-state index in [-0.39, 0.29) is 5.91 Å². The number of nitrogens with one attached hydrogen (secondary N) is 2. The van der Waals surface area contributed by atoms with E-state index in [2.05, 4.69) is 35.4 Å². The number of para-hydroxylation sites is 1. The predicted molar refractivity (Wildman–Crippen MR) is 121 cm³/mol. The molecule has 2 N–H and O–H groups in total. The Labute approximate surface area is 180 Å². The number of nitrogens with zero attached hydrogens (tertiary/aromatic N) is 3. The molecule has 1 aliphatic heterocycles. The highest BCUT2D eigenvalue weighted by molar-refractivity contribution is 5.91. The predicted octanol–water partition coefficient (Wildman–Crippen LogP) is 3.93. The largest absolute Gasteiger partial charge is 0.312 e. The van der Waals surface area contributed by atoms with Gasteiger partial charge in [0.1, 0.15) is 5.82 Å². The Kier molecular flexibility index (Phi) is 6.85. The first kappa shape index (κ1) is 21.1. The number of anilines is 1. The summed E-state index contributed by atoms with van der Waals surface area (Å²) >= 11 is 0. The Bertz CT molecular complexity index is 817. The van der Waals surface area contributed by atoms with Crippen LogP contribution in [0.1, 0.15) is 64.0 Å². The van der Waals surface area contributed by atoms with Gasteiger partial charge in [-0.1, -0.05) is 44.9 Å². The minimum atomic E-state index is 0.0420. The normalized spacial score (nSPS) is 18.9. The van der Waals surface area contributed by atoms with Gasteiger partial charge in [0.15, 0.2) is 0 Å². The summed E-state index contributed by atoms with van der Waals surface area (Å²) in [5.74, 6) is 1.34. The first-order valence-electron chi connectivity index (χ1n) is 11.5. The molecule has 0 unspecified atom stereocenters. The van der Waals surface area contributed by atoms with Gasteiger partial charge in [0.05, 0.1) is 17.9 Å². The highest BCUT2D eigenvalue weighted by Gasteiger charge is 2.24. The Morgan fingerprint density at radius 1 is 1.10 bits per heavy atom. The molecule has 1 amide bonds. The zero-order chi connectivity index (χ0) is 20.9. The second-order valence-corrected chi connectivity index (χ2v) is 9.10. The quantitative estimate of drug-likeness (QED) is 0.727. The molecule has 30 heavy (non-hydrogen) atoms. The average molecular weight is 410 g/mol. The fourth-order valence-corrected chi connectivity index (χ4v) is 4.79. The fraction of sp³-hybridized carbons (Fsp3) is 0.583. The second kappa shape index (κ2) is 9.75. The summed E-state index contributed by atoms with van der Waals surface area (Å²) < 4.78 is 1.89. The van der Waals surface area contributed by atoms with Crippen molar-refractivity contribution in [3.63, 3.8) is 0 Å². The first-order valence-corrected chi connectivity index (χ1v) is 11.5. The van der Waals surface area contributed by atoms with E-state index in [0.717, 1.165) is 43.1 Å². The number of hydrogen-bond donors (Lipinski definition) is 2. The van der Waals surface area contributed by atoms with Gasteiger partial charge in [-0.25, -0.2) is 4.68 Å². The van der Waals surface area contributed by atoms with Crippen LogP contribution in [0.3, 0.4) is 0 Å². The molecule has 0 radical (unpaired) electrons. The van der Waals surface area contributed by atoms with Crippen LogP contribution in [-0.2, 0) is 4.79 Å². The molecule has 6 nitrogen and oxygen atoms in total. The van der Waals surface area contributed by atoms with Gasteiger partial charge in [-0.2, -0.15) is 5.10 Å². The zero-order valence-electron chi connectivity index (χ0n) is 18.3. The minimum absolute atomic E-state index is 0.0420. The van der Waals surface area contributed by atoms with Crippen molar-refractivity contribution in [1.29, 1.82) is 0 Å².